The van der Waals surface area contributed by atoms with E-state index in [2.05, 4.69) is 5.32 Å². The van der Waals surface area contributed by atoms with Crippen molar-refractivity contribution in [3.63, 3.8) is 0 Å². The van der Waals surface area contributed by atoms with Crippen LogP contribution < -0.4 is 5.32 Å². The van der Waals surface area contributed by atoms with Gasteiger partial charge in [0.05, 0.1) is 6.04 Å². The first-order valence-corrected chi connectivity index (χ1v) is 8.23. The standard InChI is InChI=1S/C15H27F4NOS/c1-8-14(16,17)15(18,19)22-9-10(20-13(5,6)7)11(21)12(2,3)4/h10,20H,8-9H2,1-7H3/t10-/m1/s1. The second-order valence-corrected chi connectivity index (χ2v) is 8.58. The lowest BCUT2D eigenvalue weighted by Crippen LogP contribution is -2.53. The van der Waals surface area contributed by atoms with Gasteiger partial charge in [0.1, 0.15) is 0 Å². The zero-order valence-electron chi connectivity index (χ0n) is 14.3. The summed E-state index contributed by atoms with van der Waals surface area (Å²) in [6.45, 7) is 11.4. The SMILES string of the molecule is CCC(F)(F)C(F)(F)SC[C@@H](NC(C)(C)C)C(=O)C(C)(C)C. The number of nitrogens with one attached hydrogen (secondary N) is 1. The largest absolute Gasteiger partial charge is 0.356 e. The highest BCUT2D eigenvalue weighted by Crippen LogP contribution is 2.45. The molecule has 0 aromatic heterocycles. The van der Waals surface area contributed by atoms with Crippen molar-refractivity contribution in [2.45, 2.75) is 77.6 Å². The summed E-state index contributed by atoms with van der Waals surface area (Å²) in [5.74, 6) is -4.77. The first kappa shape index (κ1) is 21.7. The third-order valence-electron chi connectivity index (χ3n) is 2.96. The van der Waals surface area contributed by atoms with Crippen LogP contribution in [0.1, 0.15) is 54.9 Å². The van der Waals surface area contributed by atoms with Gasteiger partial charge in [0, 0.05) is 23.1 Å². The number of hydrogen-bond acceptors (Lipinski definition) is 3. The van der Waals surface area contributed by atoms with Crippen LogP contribution in [0.2, 0.25) is 0 Å². The van der Waals surface area contributed by atoms with Crippen molar-refractivity contribution in [3.8, 4) is 0 Å². The van der Waals surface area contributed by atoms with Gasteiger partial charge in [-0.1, -0.05) is 39.5 Å². The Hall–Kier alpha value is -0.300. The van der Waals surface area contributed by atoms with Crippen LogP contribution in [0, 0.1) is 5.41 Å². The zero-order chi connectivity index (χ0) is 18.0. The molecule has 0 bridgehead atoms. The van der Waals surface area contributed by atoms with E-state index in [4.69, 9.17) is 0 Å². The Morgan fingerprint density at radius 1 is 1.05 bits per heavy atom. The molecule has 0 aromatic carbocycles. The van der Waals surface area contributed by atoms with E-state index in [0.717, 1.165) is 6.92 Å². The van der Waals surface area contributed by atoms with Gasteiger partial charge >= 0.3 is 11.2 Å². The number of alkyl halides is 4. The van der Waals surface area contributed by atoms with Gasteiger partial charge in [-0.25, -0.2) is 0 Å². The molecule has 0 heterocycles. The Labute approximate surface area is 134 Å². The molecule has 22 heavy (non-hydrogen) atoms. The monoisotopic (exact) mass is 345 g/mol. The number of halogens is 4. The van der Waals surface area contributed by atoms with Gasteiger partial charge in [0.25, 0.3) is 0 Å². The molecule has 0 spiro atoms. The maximum absolute atomic E-state index is 13.6. The summed E-state index contributed by atoms with van der Waals surface area (Å²) in [5.41, 5.74) is -1.24. The van der Waals surface area contributed by atoms with Gasteiger partial charge in [-0.15, -0.1) is 0 Å². The number of carbonyl (C=O) groups is 1. The lowest BCUT2D eigenvalue weighted by Gasteiger charge is -2.33. The maximum Gasteiger partial charge on any atom is 0.356 e. The molecule has 0 unspecified atom stereocenters. The van der Waals surface area contributed by atoms with Gasteiger partial charge in [0.2, 0.25) is 0 Å². The Kier molecular flexibility index (Phi) is 6.98. The van der Waals surface area contributed by atoms with Crippen LogP contribution in [-0.2, 0) is 4.79 Å². The topological polar surface area (TPSA) is 29.1 Å². The summed E-state index contributed by atoms with van der Waals surface area (Å²) in [6, 6.07) is -0.913. The number of hydrogen-bond donors (Lipinski definition) is 1. The van der Waals surface area contributed by atoms with Crippen LogP contribution >= 0.6 is 11.8 Å². The second kappa shape index (κ2) is 7.07. The average molecular weight is 345 g/mol. The van der Waals surface area contributed by atoms with Crippen molar-refractivity contribution in [2.75, 3.05) is 5.75 Å². The summed E-state index contributed by atoms with van der Waals surface area (Å²) in [5, 5.41) is -1.24. The van der Waals surface area contributed by atoms with Crippen LogP contribution in [-0.4, -0.2) is 34.3 Å². The van der Waals surface area contributed by atoms with E-state index in [0.29, 0.717) is 0 Å². The minimum Gasteiger partial charge on any atom is -0.302 e. The predicted molar refractivity (Wildman–Crippen MR) is 83.8 cm³/mol. The Bertz CT molecular complexity index is 386. The summed E-state index contributed by atoms with van der Waals surface area (Å²) in [7, 11) is 0. The number of Topliss-reactive ketones (excluding diaryl/α,β-unsaturated/α-hetero) is 1. The normalized spacial score (nSPS) is 15.8. The predicted octanol–water partition coefficient (Wildman–Crippen LogP) is 4.73. The van der Waals surface area contributed by atoms with E-state index in [1.54, 1.807) is 41.5 Å². The fourth-order valence-corrected chi connectivity index (χ4v) is 2.69. The van der Waals surface area contributed by atoms with Gasteiger partial charge < -0.3 is 5.32 Å². The van der Waals surface area contributed by atoms with E-state index in [1.807, 2.05) is 0 Å². The molecule has 0 aromatic rings. The fourth-order valence-electron chi connectivity index (χ4n) is 1.73. The zero-order valence-corrected chi connectivity index (χ0v) is 15.1. The molecule has 0 rings (SSSR count). The molecule has 7 heteroatoms. The number of ketones is 1. The van der Waals surface area contributed by atoms with Crippen molar-refractivity contribution in [2.24, 2.45) is 5.41 Å². The molecule has 0 amide bonds. The first-order valence-electron chi connectivity index (χ1n) is 7.25. The van der Waals surface area contributed by atoms with Crippen molar-refractivity contribution < 1.29 is 22.4 Å². The highest BCUT2D eigenvalue weighted by Gasteiger charge is 2.55. The van der Waals surface area contributed by atoms with Gasteiger partial charge in [-0.05, 0) is 20.8 Å². The van der Waals surface area contributed by atoms with Gasteiger partial charge in [-0.2, -0.15) is 17.6 Å². The quantitative estimate of drug-likeness (QED) is 0.676. The molecule has 0 fully saturated rings. The van der Waals surface area contributed by atoms with Crippen molar-refractivity contribution in [1.29, 1.82) is 0 Å². The molecule has 1 atom stereocenters. The fraction of sp³-hybridized carbons (Fsp3) is 0.933. The van der Waals surface area contributed by atoms with Crippen LogP contribution in [0.25, 0.3) is 0 Å². The Morgan fingerprint density at radius 3 is 1.82 bits per heavy atom. The first-order chi connectivity index (χ1) is 9.53. The van der Waals surface area contributed by atoms with E-state index in [1.165, 1.54) is 0 Å². The minimum atomic E-state index is -4.20. The van der Waals surface area contributed by atoms with Gasteiger partial charge in [-0.3, -0.25) is 4.79 Å². The molecule has 0 aliphatic heterocycles. The highest BCUT2D eigenvalue weighted by molar-refractivity contribution is 8.00. The van der Waals surface area contributed by atoms with Crippen molar-refractivity contribution in [1.82, 2.24) is 5.32 Å². The third kappa shape index (κ3) is 6.44. The molecular formula is C15H27F4NOS. The molecule has 0 saturated carbocycles. The van der Waals surface area contributed by atoms with Crippen molar-refractivity contribution in [3.05, 3.63) is 0 Å². The lowest BCUT2D eigenvalue weighted by molar-refractivity contribution is -0.152. The lowest BCUT2D eigenvalue weighted by atomic mass is 9.86. The molecule has 2 nitrogen and oxygen atoms in total. The third-order valence-corrected chi connectivity index (χ3v) is 4.13. The van der Waals surface area contributed by atoms with Crippen LogP contribution in [0.4, 0.5) is 17.6 Å². The molecule has 0 aliphatic rings. The van der Waals surface area contributed by atoms with Crippen LogP contribution in [0.15, 0.2) is 0 Å². The highest BCUT2D eigenvalue weighted by atomic mass is 32.2. The van der Waals surface area contributed by atoms with Crippen LogP contribution in [0.3, 0.4) is 0 Å². The number of carbonyl (C=O) groups excluding carboxylic acids is 1. The number of thioether (sulfide) groups is 1. The van der Waals surface area contributed by atoms with E-state index < -0.39 is 40.3 Å². The Morgan fingerprint density at radius 2 is 1.50 bits per heavy atom. The second-order valence-electron chi connectivity index (χ2n) is 7.45. The van der Waals surface area contributed by atoms with E-state index >= 15 is 0 Å². The molecule has 132 valence electrons. The summed E-state index contributed by atoms with van der Waals surface area (Å²) in [4.78, 5) is 12.4. The summed E-state index contributed by atoms with van der Waals surface area (Å²) < 4.78 is 53.8. The smallest absolute Gasteiger partial charge is 0.302 e. The molecule has 0 radical (unpaired) electrons. The maximum atomic E-state index is 13.6. The molecule has 0 saturated heterocycles. The minimum absolute atomic E-state index is 0.163. The van der Waals surface area contributed by atoms with Gasteiger partial charge in [0.15, 0.2) is 5.78 Å². The Balaban J connectivity index is 5.13. The van der Waals surface area contributed by atoms with E-state index in [-0.39, 0.29) is 17.5 Å². The van der Waals surface area contributed by atoms with Crippen LogP contribution in [0.5, 0.6) is 0 Å². The number of rotatable bonds is 7. The summed E-state index contributed by atoms with van der Waals surface area (Å²) >= 11 is -0.163. The van der Waals surface area contributed by atoms with Crippen molar-refractivity contribution >= 4 is 17.5 Å². The molecular weight excluding hydrogens is 318 g/mol. The summed E-state index contributed by atoms with van der Waals surface area (Å²) in [6.07, 6.45) is -0.947. The molecule has 1 N–H and O–H groups in total. The van der Waals surface area contributed by atoms with E-state index in [9.17, 15) is 22.4 Å². The average Bonchev–Trinajstić information content (AvgIpc) is 2.30. The molecule has 0 aliphatic carbocycles.